The van der Waals surface area contributed by atoms with E-state index in [9.17, 15) is 29.1 Å². The minimum absolute atomic E-state index is 0.0500. The quantitative estimate of drug-likeness (QED) is 0.0765. The third kappa shape index (κ3) is 11.2. The summed E-state index contributed by atoms with van der Waals surface area (Å²) in [5, 5.41) is 16.5. The number of nitrogens with zero attached hydrogens (tertiary/aromatic N) is 1. The van der Waals surface area contributed by atoms with Gasteiger partial charge in [-0.25, -0.2) is 9.78 Å². The summed E-state index contributed by atoms with van der Waals surface area (Å²) in [4.78, 5) is 67.6. The van der Waals surface area contributed by atoms with Gasteiger partial charge >= 0.3 is 5.97 Å². The molecule has 0 aromatic carbocycles. The lowest BCUT2D eigenvalue weighted by Gasteiger charge is -2.24. The second-order valence-corrected chi connectivity index (χ2v) is 8.25. The summed E-state index contributed by atoms with van der Waals surface area (Å²) in [5.74, 6) is -4.32. The molecule has 4 unspecified atom stereocenters. The summed E-state index contributed by atoms with van der Waals surface area (Å²) in [5.41, 5.74) is 17.0. The third-order valence-electron chi connectivity index (χ3n) is 5.03. The van der Waals surface area contributed by atoms with Crippen LogP contribution in [-0.4, -0.2) is 81.1 Å². The van der Waals surface area contributed by atoms with Crippen molar-refractivity contribution in [2.45, 2.75) is 62.7 Å². The Bertz CT molecular complexity index is 853. The lowest BCUT2D eigenvalue weighted by atomic mass is 10.1. The third-order valence-corrected chi connectivity index (χ3v) is 5.39. The Balaban J connectivity index is 3.00. The molecule has 4 atom stereocenters. The van der Waals surface area contributed by atoms with E-state index in [0.29, 0.717) is 31.5 Å². The van der Waals surface area contributed by atoms with Gasteiger partial charge in [0.2, 0.25) is 23.6 Å². The Morgan fingerprint density at radius 2 is 1.63 bits per heavy atom. The summed E-state index contributed by atoms with van der Waals surface area (Å²) in [6.45, 7) is 0.452. The number of aromatic nitrogens is 2. The van der Waals surface area contributed by atoms with Crippen molar-refractivity contribution < 1.29 is 29.1 Å². The van der Waals surface area contributed by atoms with Crippen molar-refractivity contribution in [3.8, 4) is 0 Å². The van der Waals surface area contributed by atoms with Gasteiger partial charge in [-0.05, 0) is 25.8 Å². The maximum Gasteiger partial charge on any atom is 0.327 e. The number of carboxylic acid groups (broad SMARTS) is 1. The van der Waals surface area contributed by atoms with E-state index in [0.717, 1.165) is 0 Å². The minimum Gasteiger partial charge on any atom is -0.480 e. The first-order valence-corrected chi connectivity index (χ1v) is 11.7. The summed E-state index contributed by atoms with van der Waals surface area (Å²) in [7, 11) is 0. The average molecular weight is 515 g/mol. The molecule has 0 saturated carbocycles. The van der Waals surface area contributed by atoms with E-state index in [1.54, 1.807) is 0 Å². The normalized spacial score (nSPS) is 14.3. The van der Waals surface area contributed by atoms with Gasteiger partial charge in [0.1, 0.15) is 18.1 Å². The predicted molar refractivity (Wildman–Crippen MR) is 129 cm³/mol. The second-order valence-electron chi connectivity index (χ2n) is 7.88. The van der Waals surface area contributed by atoms with Gasteiger partial charge < -0.3 is 43.2 Å². The fourth-order valence-electron chi connectivity index (χ4n) is 3.03. The number of thiol groups is 1. The number of H-pyrrole nitrogens is 1. The summed E-state index contributed by atoms with van der Waals surface area (Å²) < 4.78 is 0. The highest BCUT2D eigenvalue weighted by atomic mass is 32.1. The predicted octanol–water partition coefficient (Wildman–Crippen LogP) is -2.86. The number of nitrogens with two attached hydrogens (primary N) is 3. The van der Waals surface area contributed by atoms with Crippen molar-refractivity contribution in [3.63, 3.8) is 0 Å². The summed E-state index contributed by atoms with van der Waals surface area (Å²) >= 11 is 3.91. The van der Waals surface area contributed by atoms with E-state index in [2.05, 4.69) is 38.5 Å². The fraction of sp³-hybridized carbons (Fsp3) is 0.600. The number of hydrogen-bond acceptors (Lipinski definition) is 9. The highest BCUT2D eigenvalue weighted by Gasteiger charge is 2.30. The monoisotopic (exact) mass is 514 g/mol. The Morgan fingerprint density at radius 1 is 1.00 bits per heavy atom. The number of aliphatic carboxylic acids is 1. The highest BCUT2D eigenvalue weighted by molar-refractivity contribution is 7.80. The number of hydrogen-bond donors (Lipinski definition) is 9. The SMILES string of the molecule is NCCCCC(N)C(=O)NC(CCC(N)=O)C(=O)NC(Cc1cnc[nH]1)C(=O)NC(CS)C(=O)O. The van der Waals surface area contributed by atoms with Crippen LogP contribution < -0.4 is 33.2 Å². The van der Waals surface area contributed by atoms with E-state index in [-0.39, 0.29) is 25.0 Å². The number of rotatable bonds is 17. The van der Waals surface area contributed by atoms with Gasteiger partial charge in [-0.2, -0.15) is 12.6 Å². The molecule has 0 saturated heterocycles. The first-order valence-electron chi connectivity index (χ1n) is 11.0. The number of carbonyl (C=O) groups is 5. The number of nitrogens with one attached hydrogen (secondary N) is 4. The van der Waals surface area contributed by atoms with Crippen LogP contribution in [0.1, 0.15) is 37.8 Å². The average Bonchev–Trinajstić information content (AvgIpc) is 3.32. The molecule has 0 aliphatic heterocycles. The maximum absolute atomic E-state index is 13.0. The van der Waals surface area contributed by atoms with Crippen molar-refractivity contribution in [1.29, 1.82) is 0 Å². The van der Waals surface area contributed by atoms with Gasteiger partial charge in [0.25, 0.3) is 0 Å². The van der Waals surface area contributed by atoms with Crippen LogP contribution in [0.3, 0.4) is 0 Å². The smallest absolute Gasteiger partial charge is 0.327 e. The Labute approximate surface area is 207 Å². The number of carboxylic acids is 1. The number of unbranched alkanes of at least 4 members (excludes halogenated alkanes) is 1. The van der Waals surface area contributed by atoms with E-state index in [4.69, 9.17) is 17.2 Å². The lowest BCUT2D eigenvalue weighted by molar-refractivity contribution is -0.141. The van der Waals surface area contributed by atoms with E-state index >= 15 is 0 Å². The van der Waals surface area contributed by atoms with Crippen LogP contribution in [0.25, 0.3) is 0 Å². The number of primary amides is 1. The largest absolute Gasteiger partial charge is 0.480 e. The van der Waals surface area contributed by atoms with E-state index in [1.165, 1.54) is 12.5 Å². The molecule has 0 radical (unpaired) electrons. The van der Waals surface area contributed by atoms with Crippen molar-refractivity contribution in [2.24, 2.45) is 17.2 Å². The molecule has 0 spiro atoms. The molecule has 11 N–H and O–H groups in total. The molecule has 4 amide bonds. The van der Waals surface area contributed by atoms with Gasteiger partial charge in [0, 0.05) is 30.5 Å². The molecule has 1 aromatic rings. The maximum atomic E-state index is 13.0. The van der Waals surface area contributed by atoms with Crippen LogP contribution >= 0.6 is 12.6 Å². The van der Waals surface area contributed by atoms with Crippen LogP contribution in [0.4, 0.5) is 0 Å². The molecule has 0 aliphatic rings. The van der Waals surface area contributed by atoms with Gasteiger partial charge in [0.05, 0.1) is 12.4 Å². The zero-order valence-electron chi connectivity index (χ0n) is 19.2. The zero-order chi connectivity index (χ0) is 26.4. The first-order chi connectivity index (χ1) is 16.6. The molecule has 1 rings (SSSR count). The summed E-state index contributed by atoms with van der Waals surface area (Å²) in [6.07, 6.45) is 4.07. The van der Waals surface area contributed by atoms with Crippen LogP contribution in [-0.2, 0) is 30.4 Å². The molecular formula is C20H34N8O6S. The van der Waals surface area contributed by atoms with E-state index < -0.39 is 53.8 Å². The molecule has 1 aromatic heterocycles. The molecule has 14 nitrogen and oxygen atoms in total. The van der Waals surface area contributed by atoms with Crippen molar-refractivity contribution in [1.82, 2.24) is 25.9 Å². The number of aromatic amines is 1. The van der Waals surface area contributed by atoms with Crippen LogP contribution in [0.5, 0.6) is 0 Å². The Kier molecular flexibility index (Phi) is 13.4. The Hall–Kier alpha value is -3.17. The van der Waals surface area contributed by atoms with Gasteiger partial charge in [-0.3, -0.25) is 19.2 Å². The van der Waals surface area contributed by atoms with Gasteiger partial charge in [-0.15, -0.1) is 0 Å². The van der Waals surface area contributed by atoms with Crippen LogP contribution in [0.2, 0.25) is 0 Å². The highest BCUT2D eigenvalue weighted by Crippen LogP contribution is 2.05. The van der Waals surface area contributed by atoms with Gasteiger partial charge in [0.15, 0.2) is 0 Å². The standard InChI is InChI=1S/C20H34N8O6S/c21-6-2-1-3-12(22)17(30)26-13(4-5-16(23)29)18(31)27-14(7-11-8-24-10-25-11)19(32)28-15(9-35)20(33)34/h8,10,12-15,35H,1-7,9,21-22H2,(H2,23,29)(H,24,25)(H,26,30)(H,27,31)(H,28,32)(H,33,34). The fourth-order valence-corrected chi connectivity index (χ4v) is 3.28. The topological polar surface area (TPSA) is 248 Å². The van der Waals surface area contributed by atoms with Crippen molar-refractivity contribution in [2.75, 3.05) is 12.3 Å². The molecule has 15 heteroatoms. The van der Waals surface area contributed by atoms with E-state index in [1.807, 2.05) is 0 Å². The second kappa shape index (κ2) is 15.7. The molecule has 0 aliphatic carbocycles. The number of carbonyl (C=O) groups excluding carboxylic acids is 4. The number of imidazole rings is 1. The lowest BCUT2D eigenvalue weighted by Crippen LogP contribution is -2.58. The van der Waals surface area contributed by atoms with Crippen LogP contribution in [0.15, 0.2) is 12.5 Å². The number of amides is 4. The first kappa shape index (κ1) is 29.9. The molecular weight excluding hydrogens is 480 g/mol. The molecule has 0 bridgehead atoms. The molecule has 0 fully saturated rings. The minimum atomic E-state index is -1.30. The summed E-state index contributed by atoms with van der Waals surface area (Å²) in [6, 6.07) is -4.63. The van der Waals surface area contributed by atoms with Crippen molar-refractivity contribution >= 4 is 42.2 Å². The molecule has 196 valence electrons. The van der Waals surface area contributed by atoms with Crippen molar-refractivity contribution in [3.05, 3.63) is 18.2 Å². The molecule has 1 heterocycles. The zero-order valence-corrected chi connectivity index (χ0v) is 20.1. The Morgan fingerprint density at radius 3 is 2.17 bits per heavy atom. The van der Waals surface area contributed by atoms with Crippen LogP contribution in [0, 0.1) is 0 Å². The van der Waals surface area contributed by atoms with Gasteiger partial charge in [-0.1, -0.05) is 6.42 Å². The molecule has 35 heavy (non-hydrogen) atoms.